The Kier molecular flexibility index (Phi) is 5.54. The number of ether oxygens (including phenoxy) is 1. The molecule has 0 bridgehead atoms. The molecule has 0 radical (unpaired) electrons. The van der Waals surface area contributed by atoms with Crippen LogP contribution in [0.4, 0.5) is 13.2 Å². The standard InChI is InChI=1S/C18H17ClF3NO3S/c1-12-11-26-16(13-5-3-2-4-6-13)10-23(12)27(24,25)17-9-14(18(20,21)22)7-8-15(17)19/h2-9,12,16H,10-11H2,1H3. The number of morpholine rings is 1. The van der Waals surface area contributed by atoms with E-state index in [1.165, 1.54) is 0 Å². The lowest BCUT2D eigenvalue weighted by molar-refractivity contribution is -0.137. The number of benzene rings is 2. The van der Waals surface area contributed by atoms with Gasteiger partial charge < -0.3 is 4.74 Å². The summed E-state index contributed by atoms with van der Waals surface area (Å²) in [5.41, 5.74) is -0.272. The van der Waals surface area contributed by atoms with Crippen molar-refractivity contribution in [3.05, 3.63) is 64.7 Å². The van der Waals surface area contributed by atoms with Crippen LogP contribution in [0.2, 0.25) is 5.02 Å². The molecule has 1 heterocycles. The first kappa shape index (κ1) is 20.1. The number of hydrogen-bond acceptors (Lipinski definition) is 3. The minimum Gasteiger partial charge on any atom is -0.370 e. The molecule has 1 saturated heterocycles. The van der Waals surface area contributed by atoms with Gasteiger partial charge in [0.15, 0.2) is 0 Å². The number of alkyl halides is 3. The number of nitrogens with zero attached hydrogens (tertiary/aromatic N) is 1. The van der Waals surface area contributed by atoms with E-state index < -0.39 is 38.8 Å². The van der Waals surface area contributed by atoms with Crippen molar-refractivity contribution in [3.8, 4) is 0 Å². The fraction of sp³-hybridized carbons (Fsp3) is 0.333. The molecule has 0 N–H and O–H groups in total. The summed E-state index contributed by atoms with van der Waals surface area (Å²) >= 11 is 5.95. The van der Waals surface area contributed by atoms with Crippen molar-refractivity contribution in [2.45, 2.75) is 30.1 Å². The molecule has 2 unspecified atom stereocenters. The summed E-state index contributed by atoms with van der Waals surface area (Å²) in [7, 11) is -4.24. The normalized spacial score (nSPS) is 22.0. The lowest BCUT2D eigenvalue weighted by Crippen LogP contribution is -2.48. The smallest absolute Gasteiger partial charge is 0.370 e. The molecular formula is C18H17ClF3NO3S. The molecule has 0 saturated carbocycles. The third-order valence-corrected chi connectivity index (χ3v) is 6.85. The van der Waals surface area contributed by atoms with Gasteiger partial charge in [0.25, 0.3) is 0 Å². The van der Waals surface area contributed by atoms with E-state index in [4.69, 9.17) is 16.3 Å². The molecule has 0 aliphatic carbocycles. The zero-order chi connectivity index (χ0) is 19.8. The third kappa shape index (κ3) is 4.13. The van der Waals surface area contributed by atoms with E-state index in [1.807, 2.05) is 18.2 Å². The molecule has 146 valence electrons. The van der Waals surface area contributed by atoms with E-state index in [9.17, 15) is 21.6 Å². The molecule has 2 aromatic rings. The molecule has 9 heteroatoms. The van der Waals surface area contributed by atoms with Crippen molar-refractivity contribution in [1.29, 1.82) is 0 Å². The molecule has 3 rings (SSSR count). The summed E-state index contributed by atoms with van der Waals surface area (Å²) in [5.74, 6) is 0. The zero-order valence-electron chi connectivity index (χ0n) is 14.3. The maximum atomic E-state index is 13.1. The molecule has 27 heavy (non-hydrogen) atoms. The predicted octanol–water partition coefficient (Wildman–Crippen LogP) is 4.51. The van der Waals surface area contributed by atoms with Crippen LogP contribution in [0.3, 0.4) is 0 Å². The van der Waals surface area contributed by atoms with Gasteiger partial charge in [-0.25, -0.2) is 8.42 Å². The number of rotatable bonds is 3. The van der Waals surface area contributed by atoms with Crippen LogP contribution in [0.1, 0.15) is 24.2 Å². The molecule has 0 spiro atoms. The van der Waals surface area contributed by atoms with Gasteiger partial charge in [0, 0.05) is 12.6 Å². The summed E-state index contributed by atoms with van der Waals surface area (Å²) in [6.07, 6.45) is -5.18. The fourth-order valence-electron chi connectivity index (χ4n) is 2.94. The lowest BCUT2D eigenvalue weighted by atomic mass is 10.1. The van der Waals surface area contributed by atoms with Gasteiger partial charge in [-0.15, -0.1) is 0 Å². The van der Waals surface area contributed by atoms with Gasteiger partial charge in [-0.2, -0.15) is 17.5 Å². The quantitative estimate of drug-likeness (QED) is 0.735. The van der Waals surface area contributed by atoms with Crippen molar-refractivity contribution in [3.63, 3.8) is 0 Å². The van der Waals surface area contributed by atoms with Gasteiger partial charge in [-0.05, 0) is 30.7 Å². The highest BCUT2D eigenvalue weighted by molar-refractivity contribution is 7.89. The summed E-state index contributed by atoms with van der Waals surface area (Å²) < 4.78 is 72.1. The first-order valence-corrected chi connectivity index (χ1v) is 9.97. The van der Waals surface area contributed by atoms with Gasteiger partial charge >= 0.3 is 6.18 Å². The predicted molar refractivity (Wildman–Crippen MR) is 94.9 cm³/mol. The van der Waals surface area contributed by atoms with E-state index >= 15 is 0 Å². The number of hydrogen-bond donors (Lipinski definition) is 0. The van der Waals surface area contributed by atoms with Gasteiger partial charge in [-0.1, -0.05) is 41.9 Å². The van der Waals surface area contributed by atoms with Crippen molar-refractivity contribution < 1.29 is 26.3 Å². The number of sulfonamides is 1. The molecule has 4 nitrogen and oxygen atoms in total. The highest BCUT2D eigenvalue weighted by Gasteiger charge is 2.39. The number of halogens is 4. The van der Waals surface area contributed by atoms with Crippen molar-refractivity contribution in [2.24, 2.45) is 0 Å². The van der Waals surface area contributed by atoms with E-state index in [-0.39, 0.29) is 18.2 Å². The Labute approximate surface area is 160 Å². The van der Waals surface area contributed by atoms with Gasteiger partial charge in [0.1, 0.15) is 4.90 Å². The molecule has 2 aromatic carbocycles. The minimum absolute atomic E-state index is 0.0138. The van der Waals surface area contributed by atoms with Gasteiger partial charge in [-0.3, -0.25) is 0 Å². The van der Waals surface area contributed by atoms with E-state index in [2.05, 4.69) is 0 Å². The van der Waals surface area contributed by atoms with Crippen LogP contribution in [0.15, 0.2) is 53.4 Å². The fourth-order valence-corrected chi connectivity index (χ4v) is 5.06. The Balaban J connectivity index is 1.98. The minimum atomic E-state index is -4.67. The Bertz CT molecular complexity index is 919. The van der Waals surface area contributed by atoms with Crippen LogP contribution in [0, 0.1) is 0 Å². The summed E-state index contributed by atoms with van der Waals surface area (Å²) in [4.78, 5) is -0.556. The maximum absolute atomic E-state index is 13.1. The average molecular weight is 420 g/mol. The highest BCUT2D eigenvalue weighted by Crippen LogP contribution is 2.36. The first-order chi connectivity index (χ1) is 12.6. The monoisotopic (exact) mass is 419 g/mol. The first-order valence-electron chi connectivity index (χ1n) is 8.16. The van der Waals surface area contributed by atoms with Crippen LogP contribution in [-0.4, -0.2) is 31.9 Å². The molecule has 2 atom stereocenters. The average Bonchev–Trinajstić information content (AvgIpc) is 2.62. The van der Waals surface area contributed by atoms with Crippen LogP contribution in [0.5, 0.6) is 0 Å². The highest BCUT2D eigenvalue weighted by atomic mass is 35.5. The molecule has 1 aliphatic rings. The van der Waals surface area contributed by atoms with Crippen LogP contribution >= 0.6 is 11.6 Å². The van der Waals surface area contributed by atoms with E-state index in [1.54, 1.807) is 19.1 Å². The molecule has 0 aromatic heterocycles. The molecule has 1 aliphatic heterocycles. The Morgan fingerprint density at radius 1 is 1.15 bits per heavy atom. The largest absolute Gasteiger partial charge is 0.416 e. The zero-order valence-corrected chi connectivity index (χ0v) is 15.9. The summed E-state index contributed by atoms with van der Waals surface area (Å²) in [5, 5.41) is -0.252. The van der Waals surface area contributed by atoms with Crippen molar-refractivity contribution in [2.75, 3.05) is 13.2 Å². The summed E-state index contributed by atoms with van der Waals surface area (Å²) in [6.45, 7) is 1.75. The van der Waals surface area contributed by atoms with Crippen molar-refractivity contribution >= 4 is 21.6 Å². The SMILES string of the molecule is CC1COC(c2ccccc2)CN1S(=O)(=O)c1cc(C(F)(F)F)ccc1Cl. The second kappa shape index (κ2) is 7.43. The Hall–Kier alpha value is -1.61. The lowest BCUT2D eigenvalue weighted by Gasteiger charge is -2.37. The van der Waals surface area contributed by atoms with Gasteiger partial charge in [0.05, 0.1) is 23.3 Å². The van der Waals surface area contributed by atoms with Crippen LogP contribution < -0.4 is 0 Å². The third-order valence-electron chi connectivity index (χ3n) is 4.39. The van der Waals surface area contributed by atoms with E-state index in [0.717, 1.165) is 22.0 Å². The van der Waals surface area contributed by atoms with Gasteiger partial charge in [0.2, 0.25) is 10.0 Å². The van der Waals surface area contributed by atoms with E-state index in [0.29, 0.717) is 6.07 Å². The molecular weight excluding hydrogens is 403 g/mol. The Morgan fingerprint density at radius 3 is 2.44 bits per heavy atom. The topological polar surface area (TPSA) is 46.6 Å². The van der Waals surface area contributed by atoms with Crippen LogP contribution in [-0.2, 0) is 20.9 Å². The summed E-state index contributed by atoms with van der Waals surface area (Å²) in [6, 6.07) is 10.8. The Morgan fingerprint density at radius 2 is 1.81 bits per heavy atom. The molecule has 0 amide bonds. The van der Waals surface area contributed by atoms with Crippen LogP contribution in [0.25, 0.3) is 0 Å². The molecule has 1 fully saturated rings. The maximum Gasteiger partial charge on any atom is 0.416 e. The van der Waals surface area contributed by atoms with Crippen molar-refractivity contribution in [1.82, 2.24) is 4.31 Å². The second-order valence-electron chi connectivity index (χ2n) is 6.30. The second-order valence-corrected chi connectivity index (χ2v) is 8.57.